The Bertz CT molecular complexity index is 2590. The van der Waals surface area contributed by atoms with E-state index in [1.165, 1.54) is 27.7 Å². The number of rotatable bonds is 12. The van der Waals surface area contributed by atoms with Gasteiger partial charge >= 0.3 is 12.1 Å². The maximum atomic E-state index is 15.3. The van der Waals surface area contributed by atoms with Gasteiger partial charge in [-0.3, -0.25) is 29.8 Å². The van der Waals surface area contributed by atoms with Crippen molar-refractivity contribution >= 4 is 35.4 Å². The van der Waals surface area contributed by atoms with Gasteiger partial charge in [-0.25, -0.2) is 13.8 Å². The van der Waals surface area contributed by atoms with Gasteiger partial charge in [-0.05, 0) is 85.3 Å². The summed E-state index contributed by atoms with van der Waals surface area (Å²) in [5.74, 6) is -2.47. The van der Waals surface area contributed by atoms with Crippen molar-refractivity contribution < 1.29 is 48.4 Å². The van der Waals surface area contributed by atoms with Crippen molar-refractivity contribution in [1.29, 1.82) is 0 Å². The third kappa shape index (κ3) is 8.56. The van der Waals surface area contributed by atoms with E-state index in [0.717, 1.165) is 0 Å². The number of hydrogen-bond acceptors (Lipinski definition) is 12. The number of aryl methyl sites for hydroxylation is 2. The molecule has 4 aromatic carbocycles. The summed E-state index contributed by atoms with van der Waals surface area (Å²) >= 11 is 0. The number of phenolic OH excluding ortho intramolecular Hbond substituents is 2. The highest BCUT2D eigenvalue weighted by molar-refractivity contribution is 6.06. The molecule has 18 heteroatoms. The van der Waals surface area contributed by atoms with E-state index in [4.69, 9.17) is 4.74 Å². The zero-order valence-electron chi connectivity index (χ0n) is 33.6. The molecule has 61 heavy (non-hydrogen) atoms. The molecule has 2 aliphatic rings. The summed E-state index contributed by atoms with van der Waals surface area (Å²) < 4.78 is 22.2. The van der Waals surface area contributed by atoms with Gasteiger partial charge < -0.3 is 35.6 Å². The Morgan fingerprint density at radius 1 is 0.951 bits per heavy atom. The number of aromatic hydroxyl groups is 3. The summed E-state index contributed by atoms with van der Waals surface area (Å²) in [6.07, 6.45) is -0.501. The molecule has 17 nitrogen and oxygen atoms in total. The first-order chi connectivity index (χ1) is 29.1. The van der Waals surface area contributed by atoms with Crippen molar-refractivity contribution in [2.24, 2.45) is 0 Å². The van der Waals surface area contributed by atoms with Crippen molar-refractivity contribution in [1.82, 2.24) is 35.6 Å². The topological polar surface area (TPSA) is 237 Å². The van der Waals surface area contributed by atoms with E-state index in [9.17, 15) is 39.3 Å². The smallest absolute Gasteiger partial charge is 0.417 e. The van der Waals surface area contributed by atoms with Crippen molar-refractivity contribution in [2.45, 2.75) is 65.6 Å². The number of carbonyl (C=O) groups excluding carboxylic acids is 5. The van der Waals surface area contributed by atoms with Gasteiger partial charge in [0.25, 0.3) is 11.8 Å². The molecule has 1 saturated heterocycles. The Hall–Kier alpha value is -7.34. The van der Waals surface area contributed by atoms with Crippen LogP contribution in [0.15, 0.2) is 60.7 Å². The van der Waals surface area contributed by atoms with Crippen LogP contribution in [0.4, 0.5) is 14.9 Å². The lowest BCUT2D eigenvalue weighted by Gasteiger charge is -2.29. The lowest BCUT2D eigenvalue weighted by molar-refractivity contribution is -0.136. The molecule has 2 aliphatic heterocycles. The summed E-state index contributed by atoms with van der Waals surface area (Å²) in [4.78, 5) is 64.8. The highest BCUT2D eigenvalue weighted by atomic mass is 19.1. The standard InChI is InChI=1S/C43H43FN8O9/c1-21(2)28-17-29(35(54)18-34(28)53)38-49-50-42(59)52(38)26-9-8-24(31(44)16-26)19-45-12-13-46-39(56)25-14-22(3)37(23(4)15-25)61-43(60)47-32-7-5-6-27-30(32)20-51(41(27)58)33-10-11-36(55)48-40(33)57/h5-9,14-18,21,33,45,53-54H,10-13,19-20H2,1-4H3,(H,46,56)(H,47,60)(H,50,59)(H,48,55,57). The number of anilines is 1. The molecule has 316 valence electrons. The molecule has 0 radical (unpaired) electrons. The summed E-state index contributed by atoms with van der Waals surface area (Å²) in [6.45, 7) is 7.79. The average molecular weight is 835 g/mol. The first-order valence-electron chi connectivity index (χ1n) is 19.5. The predicted octanol–water partition coefficient (Wildman–Crippen LogP) is 4.82. The third-order valence-electron chi connectivity index (χ3n) is 10.6. The summed E-state index contributed by atoms with van der Waals surface area (Å²) in [5, 5.41) is 49.9. The monoisotopic (exact) mass is 834 g/mol. The first-order valence-corrected chi connectivity index (χ1v) is 19.5. The fraction of sp³-hybridized carbons (Fsp3) is 0.279. The van der Waals surface area contributed by atoms with Crippen molar-refractivity contribution in [3.05, 3.63) is 105 Å². The minimum Gasteiger partial charge on any atom is -0.508 e. The first kappa shape index (κ1) is 41.8. The second-order valence-corrected chi connectivity index (χ2v) is 15.1. The number of piperidine rings is 1. The SMILES string of the molecule is Cc1cc(C(=O)NCCNCc2ccc(-n3c(O)nnc3-c3cc(C(C)C)c(O)cc3O)cc2F)cc(C)c1OC(=O)Nc1cccc2c1CN(C1CCC(=O)NC1=O)C2=O. The Labute approximate surface area is 348 Å². The van der Waals surface area contributed by atoms with Crippen LogP contribution >= 0.6 is 0 Å². The van der Waals surface area contributed by atoms with Gasteiger partial charge in [0.15, 0.2) is 5.82 Å². The van der Waals surface area contributed by atoms with Crippen LogP contribution in [0.25, 0.3) is 17.1 Å². The number of amides is 5. The van der Waals surface area contributed by atoms with Crippen LogP contribution in [0, 0.1) is 19.7 Å². The molecule has 0 bridgehead atoms. The van der Waals surface area contributed by atoms with Gasteiger partial charge in [0.1, 0.15) is 29.1 Å². The lowest BCUT2D eigenvalue weighted by Crippen LogP contribution is -2.52. The third-order valence-corrected chi connectivity index (χ3v) is 10.6. The zero-order valence-corrected chi connectivity index (χ0v) is 33.6. The number of hydrogen-bond donors (Lipinski definition) is 7. The number of benzene rings is 4. The normalized spacial score (nSPS) is 14.9. The van der Waals surface area contributed by atoms with Gasteiger partial charge in [-0.1, -0.05) is 31.1 Å². The van der Waals surface area contributed by atoms with Gasteiger partial charge in [0.2, 0.25) is 11.8 Å². The summed E-state index contributed by atoms with van der Waals surface area (Å²) in [5.41, 5.74) is 3.78. The quantitative estimate of drug-likeness (QED) is 0.0662. The van der Waals surface area contributed by atoms with Gasteiger partial charge in [0, 0.05) is 66.6 Å². The molecule has 3 heterocycles. The van der Waals surface area contributed by atoms with E-state index in [-0.39, 0.29) is 90.4 Å². The van der Waals surface area contributed by atoms with Crippen molar-refractivity contribution in [3.8, 4) is 40.3 Å². The molecular weight excluding hydrogens is 792 g/mol. The van der Waals surface area contributed by atoms with Gasteiger partial charge in [0.05, 0.1) is 11.3 Å². The van der Waals surface area contributed by atoms with Crippen LogP contribution in [-0.2, 0) is 22.7 Å². The fourth-order valence-corrected chi connectivity index (χ4v) is 7.51. The zero-order chi connectivity index (χ0) is 43.7. The Kier molecular flexibility index (Phi) is 11.7. The molecule has 0 aliphatic carbocycles. The number of fused-ring (bicyclic) bond motifs is 1. The van der Waals surface area contributed by atoms with Gasteiger partial charge in [-0.15, -0.1) is 5.10 Å². The number of halogens is 1. The molecule has 1 aromatic heterocycles. The van der Waals surface area contributed by atoms with E-state index < -0.39 is 29.9 Å². The van der Waals surface area contributed by atoms with Crippen LogP contribution in [-0.4, -0.2) is 83.8 Å². The second kappa shape index (κ2) is 17.1. The number of ether oxygens (including phenoxy) is 1. The number of imide groups is 1. The molecule has 0 saturated carbocycles. The van der Waals surface area contributed by atoms with Crippen LogP contribution in [0.2, 0.25) is 0 Å². The van der Waals surface area contributed by atoms with Crippen LogP contribution in [0.5, 0.6) is 23.3 Å². The van der Waals surface area contributed by atoms with E-state index in [2.05, 4.69) is 31.5 Å². The molecule has 1 fully saturated rings. The summed E-state index contributed by atoms with van der Waals surface area (Å²) in [7, 11) is 0. The summed E-state index contributed by atoms with van der Waals surface area (Å²) in [6, 6.07) is 13.7. The van der Waals surface area contributed by atoms with Crippen molar-refractivity contribution in [3.63, 3.8) is 0 Å². The van der Waals surface area contributed by atoms with E-state index in [0.29, 0.717) is 51.2 Å². The van der Waals surface area contributed by atoms with E-state index in [1.54, 1.807) is 56.3 Å². The molecule has 7 rings (SSSR count). The average Bonchev–Trinajstić information content (AvgIpc) is 3.75. The molecule has 7 N–H and O–H groups in total. The molecule has 5 amide bonds. The van der Waals surface area contributed by atoms with Gasteiger partial charge in [-0.2, -0.15) is 0 Å². The van der Waals surface area contributed by atoms with Crippen molar-refractivity contribution in [2.75, 3.05) is 18.4 Å². The highest BCUT2D eigenvalue weighted by Gasteiger charge is 2.40. The highest BCUT2D eigenvalue weighted by Crippen LogP contribution is 2.39. The number of phenols is 2. The molecule has 5 aromatic rings. The number of carbonyl (C=O) groups is 5. The second-order valence-electron chi connectivity index (χ2n) is 15.1. The number of nitrogens with one attached hydrogen (secondary N) is 4. The van der Waals surface area contributed by atoms with Crippen LogP contribution in [0.3, 0.4) is 0 Å². The molecular formula is C43H43FN8O9. The molecule has 1 atom stereocenters. The number of aromatic nitrogens is 3. The predicted molar refractivity (Wildman–Crippen MR) is 218 cm³/mol. The van der Waals surface area contributed by atoms with E-state index in [1.807, 2.05) is 13.8 Å². The van der Waals surface area contributed by atoms with Crippen LogP contribution in [0.1, 0.15) is 81.1 Å². The fourth-order valence-electron chi connectivity index (χ4n) is 7.51. The Morgan fingerprint density at radius 3 is 2.41 bits per heavy atom. The largest absolute Gasteiger partial charge is 0.508 e. The maximum absolute atomic E-state index is 15.3. The Morgan fingerprint density at radius 2 is 1.70 bits per heavy atom. The van der Waals surface area contributed by atoms with Crippen LogP contribution < -0.4 is 26.0 Å². The minimum atomic E-state index is -0.822. The molecule has 0 spiro atoms. The lowest BCUT2D eigenvalue weighted by atomic mass is 9.98. The maximum Gasteiger partial charge on any atom is 0.417 e. The minimum absolute atomic E-state index is 0.0456. The van der Waals surface area contributed by atoms with E-state index >= 15 is 4.39 Å². The Balaban J connectivity index is 0.917. The number of nitrogens with zero attached hydrogens (tertiary/aromatic N) is 4. The molecule has 1 unspecified atom stereocenters.